The van der Waals surface area contributed by atoms with E-state index in [1.54, 1.807) is 12.0 Å². The smallest absolute Gasteiger partial charge is 0.317 e. The van der Waals surface area contributed by atoms with Crippen LogP contribution in [0.2, 0.25) is 0 Å². The number of rotatable bonds is 4. The van der Waals surface area contributed by atoms with Gasteiger partial charge in [0.05, 0.1) is 13.7 Å². The van der Waals surface area contributed by atoms with Crippen LogP contribution in [0, 0.1) is 0 Å². The molecule has 2 saturated heterocycles. The first-order chi connectivity index (χ1) is 12.2. The summed E-state index contributed by atoms with van der Waals surface area (Å²) in [4.78, 5) is 30.1. The van der Waals surface area contributed by atoms with Crippen molar-refractivity contribution in [3.05, 3.63) is 24.3 Å². The molecule has 3 amide bonds. The predicted molar refractivity (Wildman–Crippen MR) is 96.0 cm³/mol. The predicted octanol–water partition coefficient (Wildman–Crippen LogP) is 1.15. The van der Waals surface area contributed by atoms with Crippen molar-refractivity contribution < 1.29 is 14.3 Å². The van der Waals surface area contributed by atoms with Gasteiger partial charge in [0, 0.05) is 45.0 Å². The summed E-state index contributed by atoms with van der Waals surface area (Å²) in [6.45, 7) is 4.58. The zero-order chi connectivity index (χ0) is 17.6. The second-order valence-electron chi connectivity index (χ2n) is 6.42. The van der Waals surface area contributed by atoms with E-state index in [2.05, 4.69) is 10.2 Å². The molecule has 1 aromatic carbocycles. The van der Waals surface area contributed by atoms with Gasteiger partial charge in [-0.1, -0.05) is 0 Å². The van der Waals surface area contributed by atoms with Crippen LogP contribution in [0.1, 0.15) is 12.8 Å². The van der Waals surface area contributed by atoms with E-state index in [-0.39, 0.29) is 18.5 Å². The van der Waals surface area contributed by atoms with Crippen LogP contribution in [0.4, 0.5) is 10.5 Å². The van der Waals surface area contributed by atoms with Gasteiger partial charge in [0.2, 0.25) is 5.91 Å². The van der Waals surface area contributed by atoms with E-state index in [4.69, 9.17) is 4.74 Å². The maximum atomic E-state index is 12.3. The number of urea groups is 1. The van der Waals surface area contributed by atoms with Crippen LogP contribution in [0.25, 0.3) is 0 Å². The number of hydrogen-bond donors (Lipinski definition) is 1. The minimum atomic E-state index is -0.151. The minimum Gasteiger partial charge on any atom is -0.497 e. The Morgan fingerprint density at radius 3 is 2.20 bits per heavy atom. The van der Waals surface area contributed by atoms with Crippen LogP contribution in [-0.2, 0) is 4.79 Å². The maximum Gasteiger partial charge on any atom is 0.317 e. The standard InChI is InChI=1S/C18H26N4O3/c1-25-16-6-4-15(5-7-16)20-10-12-22(13-11-20)18(24)19-14-17(23)21-8-2-3-9-21/h4-7H,2-3,8-14H2,1H3,(H,19,24). The zero-order valence-corrected chi connectivity index (χ0v) is 14.7. The Morgan fingerprint density at radius 2 is 1.60 bits per heavy atom. The van der Waals surface area contributed by atoms with Gasteiger partial charge in [0.25, 0.3) is 0 Å². The largest absolute Gasteiger partial charge is 0.497 e. The maximum absolute atomic E-state index is 12.3. The van der Waals surface area contributed by atoms with Gasteiger partial charge < -0.3 is 24.8 Å². The van der Waals surface area contributed by atoms with Gasteiger partial charge in [-0.05, 0) is 37.1 Å². The van der Waals surface area contributed by atoms with Gasteiger partial charge in [-0.25, -0.2) is 4.79 Å². The highest BCUT2D eigenvalue weighted by Gasteiger charge is 2.23. The van der Waals surface area contributed by atoms with Gasteiger partial charge in [-0.15, -0.1) is 0 Å². The van der Waals surface area contributed by atoms with Crippen molar-refractivity contribution in [1.82, 2.24) is 15.1 Å². The molecule has 0 radical (unpaired) electrons. The van der Waals surface area contributed by atoms with E-state index < -0.39 is 0 Å². The average Bonchev–Trinajstić information content (AvgIpc) is 3.21. The highest BCUT2D eigenvalue weighted by molar-refractivity contribution is 5.84. The molecule has 0 aliphatic carbocycles. The van der Waals surface area contributed by atoms with E-state index in [1.165, 1.54) is 0 Å². The minimum absolute atomic E-state index is 0.0164. The van der Waals surface area contributed by atoms with Crippen LogP contribution in [0.5, 0.6) is 5.75 Å². The topological polar surface area (TPSA) is 65.1 Å². The van der Waals surface area contributed by atoms with Gasteiger partial charge in [0.15, 0.2) is 0 Å². The lowest BCUT2D eigenvalue weighted by molar-refractivity contribution is -0.129. The molecule has 0 aromatic heterocycles. The summed E-state index contributed by atoms with van der Waals surface area (Å²) < 4.78 is 5.18. The first kappa shape index (κ1) is 17.4. The fourth-order valence-electron chi connectivity index (χ4n) is 3.30. The molecule has 3 rings (SSSR count). The monoisotopic (exact) mass is 346 g/mol. The number of amides is 3. The number of piperazine rings is 1. The quantitative estimate of drug-likeness (QED) is 0.888. The average molecular weight is 346 g/mol. The molecular weight excluding hydrogens is 320 g/mol. The van der Waals surface area contributed by atoms with Gasteiger partial charge in [0.1, 0.15) is 5.75 Å². The van der Waals surface area contributed by atoms with Crippen molar-refractivity contribution in [2.24, 2.45) is 0 Å². The molecule has 2 heterocycles. The lowest BCUT2D eigenvalue weighted by atomic mass is 10.2. The molecule has 1 aromatic rings. The van der Waals surface area contributed by atoms with E-state index >= 15 is 0 Å². The Bertz CT molecular complexity index is 591. The normalized spacial score (nSPS) is 17.6. The number of hydrogen-bond acceptors (Lipinski definition) is 4. The Hall–Kier alpha value is -2.44. The fraction of sp³-hybridized carbons (Fsp3) is 0.556. The van der Waals surface area contributed by atoms with Crippen molar-refractivity contribution in [2.75, 3.05) is 57.8 Å². The third-order valence-electron chi connectivity index (χ3n) is 4.85. The molecule has 2 aliphatic rings. The Labute approximate surface area is 148 Å². The molecule has 1 N–H and O–H groups in total. The number of carbonyl (C=O) groups is 2. The van der Waals surface area contributed by atoms with Crippen molar-refractivity contribution in [3.8, 4) is 5.75 Å². The summed E-state index contributed by atoms with van der Waals surface area (Å²) in [5.41, 5.74) is 1.13. The van der Waals surface area contributed by atoms with Crippen LogP contribution < -0.4 is 15.0 Å². The number of carbonyl (C=O) groups excluding carboxylic acids is 2. The van der Waals surface area contributed by atoms with E-state index in [1.807, 2.05) is 29.2 Å². The molecule has 136 valence electrons. The van der Waals surface area contributed by atoms with E-state index in [0.29, 0.717) is 13.1 Å². The summed E-state index contributed by atoms with van der Waals surface area (Å²) in [5.74, 6) is 0.854. The third-order valence-corrected chi connectivity index (χ3v) is 4.85. The van der Waals surface area contributed by atoms with Gasteiger partial charge in [-0.2, -0.15) is 0 Å². The van der Waals surface area contributed by atoms with E-state index in [0.717, 1.165) is 50.5 Å². The van der Waals surface area contributed by atoms with Crippen LogP contribution in [0.15, 0.2) is 24.3 Å². The molecule has 0 spiro atoms. The fourth-order valence-corrected chi connectivity index (χ4v) is 3.30. The summed E-state index contributed by atoms with van der Waals surface area (Å²) >= 11 is 0. The Balaban J connectivity index is 1.43. The number of benzene rings is 1. The van der Waals surface area contributed by atoms with Gasteiger partial charge in [-0.3, -0.25) is 4.79 Å². The summed E-state index contributed by atoms with van der Waals surface area (Å²) in [6.07, 6.45) is 2.13. The lowest BCUT2D eigenvalue weighted by Crippen LogP contribution is -2.53. The first-order valence-electron chi connectivity index (χ1n) is 8.87. The Kier molecular flexibility index (Phi) is 5.63. The van der Waals surface area contributed by atoms with E-state index in [9.17, 15) is 9.59 Å². The molecule has 7 nitrogen and oxygen atoms in total. The second kappa shape index (κ2) is 8.09. The molecule has 0 unspecified atom stereocenters. The van der Waals surface area contributed by atoms with Crippen molar-refractivity contribution in [1.29, 1.82) is 0 Å². The molecule has 0 bridgehead atoms. The number of ether oxygens (including phenoxy) is 1. The van der Waals surface area contributed by atoms with Crippen molar-refractivity contribution >= 4 is 17.6 Å². The molecular formula is C18H26N4O3. The third kappa shape index (κ3) is 4.35. The van der Waals surface area contributed by atoms with Crippen LogP contribution >= 0.6 is 0 Å². The molecule has 2 fully saturated rings. The zero-order valence-electron chi connectivity index (χ0n) is 14.7. The summed E-state index contributed by atoms with van der Waals surface area (Å²) in [7, 11) is 1.65. The molecule has 25 heavy (non-hydrogen) atoms. The number of likely N-dealkylation sites (tertiary alicyclic amines) is 1. The lowest BCUT2D eigenvalue weighted by Gasteiger charge is -2.36. The van der Waals surface area contributed by atoms with Gasteiger partial charge >= 0.3 is 6.03 Å². The number of nitrogens with one attached hydrogen (secondary N) is 1. The molecule has 0 saturated carbocycles. The van der Waals surface area contributed by atoms with Crippen LogP contribution in [0.3, 0.4) is 0 Å². The highest BCUT2D eigenvalue weighted by Crippen LogP contribution is 2.20. The first-order valence-corrected chi connectivity index (χ1v) is 8.87. The Morgan fingerprint density at radius 1 is 0.960 bits per heavy atom. The molecule has 0 atom stereocenters. The highest BCUT2D eigenvalue weighted by atomic mass is 16.5. The second-order valence-corrected chi connectivity index (χ2v) is 6.42. The number of anilines is 1. The van der Waals surface area contributed by atoms with Crippen LogP contribution in [-0.4, -0.2) is 74.7 Å². The van der Waals surface area contributed by atoms with Crippen molar-refractivity contribution in [3.63, 3.8) is 0 Å². The number of nitrogens with zero attached hydrogens (tertiary/aromatic N) is 3. The molecule has 7 heteroatoms. The summed E-state index contributed by atoms with van der Waals surface area (Å²) in [6, 6.07) is 7.80. The molecule has 2 aliphatic heterocycles. The van der Waals surface area contributed by atoms with Crippen molar-refractivity contribution in [2.45, 2.75) is 12.8 Å². The number of methoxy groups -OCH3 is 1. The summed E-state index contributed by atoms with van der Waals surface area (Å²) in [5, 5.41) is 2.76. The SMILES string of the molecule is COc1ccc(N2CCN(C(=O)NCC(=O)N3CCCC3)CC2)cc1.